The molecule has 0 aromatic carbocycles. The van der Waals surface area contributed by atoms with Crippen LogP contribution in [0.2, 0.25) is 5.02 Å². The molecule has 0 spiro atoms. The van der Waals surface area contributed by atoms with Gasteiger partial charge in [0.05, 0.1) is 17.7 Å². The number of rotatable bonds is 2. The SMILES string of the molecule is COC(=O)c1cc(Cl)cnc1S(C)(=O)=O. The fraction of sp³-hybridized carbons (Fsp3) is 0.250. The second-order valence-corrected chi connectivity index (χ2v) is 5.14. The van der Waals surface area contributed by atoms with E-state index in [4.69, 9.17) is 11.6 Å². The van der Waals surface area contributed by atoms with Crippen LogP contribution in [-0.4, -0.2) is 32.7 Å². The van der Waals surface area contributed by atoms with Gasteiger partial charge in [-0.05, 0) is 6.07 Å². The molecular weight excluding hydrogens is 242 g/mol. The average Bonchev–Trinajstić information content (AvgIpc) is 2.14. The molecule has 1 aromatic rings. The van der Waals surface area contributed by atoms with E-state index in [9.17, 15) is 13.2 Å². The van der Waals surface area contributed by atoms with Crippen LogP contribution >= 0.6 is 11.6 Å². The molecule has 1 heterocycles. The van der Waals surface area contributed by atoms with Crippen molar-refractivity contribution in [1.82, 2.24) is 4.98 Å². The Morgan fingerprint density at radius 3 is 2.60 bits per heavy atom. The molecule has 0 amide bonds. The first kappa shape index (κ1) is 11.9. The van der Waals surface area contributed by atoms with Crippen molar-refractivity contribution in [2.75, 3.05) is 13.4 Å². The van der Waals surface area contributed by atoms with Crippen molar-refractivity contribution in [3.63, 3.8) is 0 Å². The molecule has 0 radical (unpaired) electrons. The predicted octanol–water partition coefficient (Wildman–Crippen LogP) is 0.925. The van der Waals surface area contributed by atoms with Crippen LogP contribution in [0.4, 0.5) is 0 Å². The third-order valence-electron chi connectivity index (χ3n) is 1.57. The number of halogens is 1. The molecule has 1 aromatic heterocycles. The fourth-order valence-corrected chi connectivity index (χ4v) is 1.92. The Balaban J connectivity index is 3.47. The highest BCUT2D eigenvalue weighted by Gasteiger charge is 2.21. The Bertz CT molecular complexity index is 497. The molecule has 15 heavy (non-hydrogen) atoms. The third kappa shape index (κ3) is 2.66. The molecule has 0 aliphatic heterocycles. The van der Waals surface area contributed by atoms with Gasteiger partial charge in [-0.1, -0.05) is 11.6 Å². The molecule has 5 nitrogen and oxygen atoms in total. The van der Waals surface area contributed by atoms with Gasteiger partial charge >= 0.3 is 5.97 Å². The van der Waals surface area contributed by atoms with Gasteiger partial charge < -0.3 is 4.74 Å². The number of carbonyl (C=O) groups is 1. The number of ether oxygens (including phenoxy) is 1. The van der Waals surface area contributed by atoms with Gasteiger partial charge in [-0.3, -0.25) is 0 Å². The highest BCUT2D eigenvalue weighted by molar-refractivity contribution is 7.90. The molecule has 0 saturated heterocycles. The lowest BCUT2D eigenvalue weighted by atomic mass is 10.3. The summed E-state index contributed by atoms with van der Waals surface area (Å²) in [5.74, 6) is -0.787. The monoisotopic (exact) mass is 249 g/mol. The van der Waals surface area contributed by atoms with Crippen LogP contribution in [0, 0.1) is 0 Å². The quantitative estimate of drug-likeness (QED) is 0.729. The van der Waals surface area contributed by atoms with E-state index in [1.165, 1.54) is 6.07 Å². The second-order valence-electron chi connectivity index (χ2n) is 2.77. The predicted molar refractivity (Wildman–Crippen MR) is 53.7 cm³/mol. The number of sulfone groups is 1. The molecule has 0 bridgehead atoms. The van der Waals surface area contributed by atoms with Crippen molar-refractivity contribution in [3.8, 4) is 0 Å². The molecule has 0 fully saturated rings. The van der Waals surface area contributed by atoms with Crippen LogP contribution < -0.4 is 0 Å². The maximum Gasteiger partial charge on any atom is 0.340 e. The summed E-state index contributed by atoms with van der Waals surface area (Å²) < 4.78 is 27.0. The summed E-state index contributed by atoms with van der Waals surface area (Å²) in [5.41, 5.74) is -0.160. The van der Waals surface area contributed by atoms with E-state index >= 15 is 0 Å². The van der Waals surface area contributed by atoms with Gasteiger partial charge in [-0.2, -0.15) is 0 Å². The topological polar surface area (TPSA) is 73.3 Å². The van der Waals surface area contributed by atoms with E-state index in [0.717, 1.165) is 19.6 Å². The Kier molecular flexibility index (Phi) is 3.31. The average molecular weight is 250 g/mol. The summed E-state index contributed by atoms with van der Waals surface area (Å²) in [4.78, 5) is 14.8. The Labute approximate surface area is 91.9 Å². The molecule has 0 N–H and O–H groups in total. The number of pyridine rings is 1. The summed E-state index contributed by atoms with van der Waals surface area (Å²) in [6, 6.07) is 1.21. The van der Waals surface area contributed by atoms with Gasteiger partial charge in [0.2, 0.25) is 0 Å². The van der Waals surface area contributed by atoms with Crippen molar-refractivity contribution < 1.29 is 17.9 Å². The molecule has 1 rings (SSSR count). The van der Waals surface area contributed by atoms with Crippen molar-refractivity contribution in [2.24, 2.45) is 0 Å². The van der Waals surface area contributed by atoms with Gasteiger partial charge in [0.1, 0.15) is 0 Å². The van der Waals surface area contributed by atoms with E-state index < -0.39 is 15.8 Å². The molecule has 0 unspecified atom stereocenters. The van der Waals surface area contributed by atoms with Gasteiger partial charge in [0.15, 0.2) is 14.9 Å². The molecule has 7 heteroatoms. The first-order valence-electron chi connectivity index (χ1n) is 3.80. The van der Waals surface area contributed by atoms with Gasteiger partial charge in [0, 0.05) is 12.5 Å². The number of esters is 1. The van der Waals surface area contributed by atoms with Crippen molar-refractivity contribution in [3.05, 3.63) is 22.8 Å². The lowest BCUT2D eigenvalue weighted by Gasteiger charge is -2.04. The molecule has 82 valence electrons. The summed E-state index contributed by atoms with van der Waals surface area (Å²) >= 11 is 5.60. The largest absolute Gasteiger partial charge is 0.465 e. The van der Waals surface area contributed by atoms with E-state index in [-0.39, 0.29) is 15.6 Å². The van der Waals surface area contributed by atoms with Gasteiger partial charge in [0.25, 0.3) is 0 Å². The van der Waals surface area contributed by atoms with Crippen LogP contribution in [0.25, 0.3) is 0 Å². The lowest BCUT2D eigenvalue weighted by Crippen LogP contribution is -2.11. The summed E-state index contributed by atoms with van der Waals surface area (Å²) in [6.07, 6.45) is 2.11. The zero-order chi connectivity index (χ0) is 11.6. The van der Waals surface area contributed by atoms with Crippen molar-refractivity contribution in [2.45, 2.75) is 5.03 Å². The minimum absolute atomic E-state index is 0.160. The molecular formula is C8H8ClNO4S. The van der Waals surface area contributed by atoms with Crippen LogP contribution in [0.15, 0.2) is 17.3 Å². The van der Waals surface area contributed by atoms with E-state index in [0.29, 0.717) is 0 Å². The zero-order valence-electron chi connectivity index (χ0n) is 8.02. The van der Waals surface area contributed by atoms with Crippen molar-refractivity contribution >= 4 is 27.4 Å². The number of hydrogen-bond acceptors (Lipinski definition) is 5. The maximum absolute atomic E-state index is 11.3. The number of hydrogen-bond donors (Lipinski definition) is 0. The molecule has 0 saturated carbocycles. The third-order valence-corrected chi connectivity index (χ3v) is 2.81. The smallest absolute Gasteiger partial charge is 0.340 e. The first-order chi connectivity index (χ1) is 6.86. The Hall–Kier alpha value is -1.14. The second kappa shape index (κ2) is 4.16. The summed E-state index contributed by atoms with van der Waals surface area (Å²) in [5, 5.41) is -0.165. The van der Waals surface area contributed by atoms with Crippen molar-refractivity contribution in [1.29, 1.82) is 0 Å². The molecule has 0 aliphatic carbocycles. The number of aromatic nitrogens is 1. The highest BCUT2D eigenvalue weighted by Crippen LogP contribution is 2.18. The molecule has 0 aliphatic rings. The van der Waals surface area contributed by atoms with Crippen LogP contribution in [0.1, 0.15) is 10.4 Å². The van der Waals surface area contributed by atoms with Gasteiger partial charge in [-0.25, -0.2) is 18.2 Å². The lowest BCUT2D eigenvalue weighted by molar-refractivity contribution is 0.0595. The summed E-state index contributed by atoms with van der Waals surface area (Å²) in [6.45, 7) is 0. The number of nitrogens with zero attached hydrogens (tertiary/aromatic N) is 1. The van der Waals surface area contributed by atoms with E-state index in [2.05, 4.69) is 9.72 Å². The van der Waals surface area contributed by atoms with E-state index in [1.54, 1.807) is 0 Å². The standard InChI is InChI=1S/C8H8ClNO4S/c1-14-8(11)6-3-5(9)4-10-7(6)15(2,12)13/h3-4H,1-2H3. The Morgan fingerprint density at radius 1 is 1.53 bits per heavy atom. The summed E-state index contributed by atoms with van der Waals surface area (Å²) in [7, 11) is -2.43. The van der Waals surface area contributed by atoms with Crippen LogP contribution in [-0.2, 0) is 14.6 Å². The molecule has 0 atom stereocenters. The maximum atomic E-state index is 11.3. The zero-order valence-corrected chi connectivity index (χ0v) is 9.59. The van der Waals surface area contributed by atoms with E-state index in [1.807, 2.05) is 0 Å². The normalized spacial score (nSPS) is 11.1. The highest BCUT2D eigenvalue weighted by atomic mass is 35.5. The van der Waals surface area contributed by atoms with Gasteiger partial charge in [-0.15, -0.1) is 0 Å². The van der Waals surface area contributed by atoms with Crippen LogP contribution in [0.3, 0.4) is 0 Å². The minimum Gasteiger partial charge on any atom is -0.465 e. The minimum atomic E-state index is -3.58. The Morgan fingerprint density at radius 2 is 2.13 bits per heavy atom. The number of carbonyl (C=O) groups excluding carboxylic acids is 1. The first-order valence-corrected chi connectivity index (χ1v) is 6.07. The number of methoxy groups -OCH3 is 1. The van der Waals surface area contributed by atoms with Crippen LogP contribution in [0.5, 0.6) is 0 Å². The fourth-order valence-electron chi connectivity index (χ4n) is 0.978.